The Hall–Kier alpha value is -0.560. The summed E-state index contributed by atoms with van der Waals surface area (Å²) in [6.45, 7) is 4.29. The molecule has 1 amide bonds. The van der Waals surface area contributed by atoms with Crippen LogP contribution in [-0.2, 0) is 16.0 Å². The molecular weight excluding hydrogens is 373 g/mol. The predicted molar refractivity (Wildman–Crippen MR) is 87.6 cm³/mol. The molecule has 1 heterocycles. The lowest BCUT2D eigenvalue weighted by Gasteiger charge is -2.20. The SMILES string of the molecule is CCc1cc(I)ccc1N1CC(SC(C)=O)CC1=O. The van der Waals surface area contributed by atoms with Crippen LogP contribution in [0.4, 0.5) is 5.69 Å². The fourth-order valence-corrected chi connectivity index (χ4v) is 3.80. The Morgan fingerprint density at radius 3 is 2.89 bits per heavy atom. The van der Waals surface area contributed by atoms with Crippen LogP contribution in [0.3, 0.4) is 0 Å². The van der Waals surface area contributed by atoms with E-state index in [-0.39, 0.29) is 16.3 Å². The fraction of sp³-hybridized carbons (Fsp3) is 0.429. The Labute approximate surface area is 131 Å². The lowest BCUT2D eigenvalue weighted by Crippen LogP contribution is -2.26. The van der Waals surface area contributed by atoms with Gasteiger partial charge in [-0.1, -0.05) is 18.7 Å². The van der Waals surface area contributed by atoms with Crippen molar-refractivity contribution in [3.8, 4) is 0 Å². The van der Waals surface area contributed by atoms with Gasteiger partial charge in [-0.15, -0.1) is 0 Å². The van der Waals surface area contributed by atoms with Gasteiger partial charge in [0.15, 0.2) is 5.12 Å². The third-order valence-corrected chi connectivity index (χ3v) is 4.79. The molecule has 1 aliphatic rings. The van der Waals surface area contributed by atoms with Crippen LogP contribution >= 0.6 is 34.4 Å². The normalized spacial score (nSPS) is 19.0. The number of nitrogens with zero attached hydrogens (tertiary/aromatic N) is 1. The van der Waals surface area contributed by atoms with Crippen LogP contribution < -0.4 is 4.90 Å². The lowest BCUT2D eigenvalue weighted by atomic mass is 10.1. The Bertz CT molecular complexity index is 518. The zero-order valence-electron chi connectivity index (χ0n) is 11.0. The maximum atomic E-state index is 12.1. The van der Waals surface area contributed by atoms with E-state index in [2.05, 4.69) is 35.6 Å². The molecule has 0 saturated carbocycles. The van der Waals surface area contributed by atoms with Gasteiger partial charge in [0.1, 0.15) is 0 Å². The smallest absolute Gasteiger partial charge is 0.228 e. The number of hydrogen-bond donors (Lipinski definition) is 0. The number of carbonyl (C=O) groups is 2. The van der Waals surface area contributed by atoms with Gasteiger partial charge in [0.2, 0.25) is 5.91 Å². The molecular formula is C14H16INO2S. The van der Waals surface area contributed by atoms with E-state index in [1.165, 1.54) is 20.9 Å². The van der Waals surface area contributed by atoms with Gasteiger partial charge in [-0.05, 0) is 52.8 Å². The number of aryl methyl sites for hydroxylation is 1. The van der Waals surface area contributed by atoms with Gasteiger partial charge < -0.3 is 4.90 Å². The number of thioether (sulfide) groups is 1. The number of carbonyl (C=O) groups excluding carboxylic acids is 2. The van der Waals surface area contributed by atoms with Crippen molar-refractivity contribution in [3.63, 3.8) is 0 Å². The number of hydrogen-bond acceptors (Lipinski definition) is 3. The first-order valence-electron chi connectivity index (χ1n) is 6.27. The average Bonchev–Trinajstić information content (AvgIpc) is 2.69. The molecule has 102 valence electrons. The largest absolute Gasteiger partial charge is 0.311 e. The molecule has 0 aliphatic carbocycles. The minimum absolute atomic E-state index is 0.0815. The highest BCUT2D eigenvalue weighted by molar-refractivity contribution is 14.1. The number of amides is 1. The van der Waals surface area contributed by atoms with E-state index < -0.39 is 0 Å². The second-order valence-electron chi connectivity index (χ2n) is 4.57. The van der Waals surface area contributed by atoms with Gasteiger partial charge in [-0.3, -0.25) is 9.59 Å². The quantitative estimate of drug-likeness (QED) is 0.745. The van der Waals surface area contributed by atoms with Gasteiger partial charge >= 0.3 is 0 Å². The number of rotatable bonds is 3. The predicted octanol–water partition coefficient (Wildman–Crippen LogP) is 3.24. The van der Waals surface area contributed by atoms with E-state index in [4.69, 9.17) is 0 Å². The summed E-state index contributed by atoms with van der Waals surface area (Å²) >= 11 is 3.56. The van der Waals surface area contributed by atoms with Crippen molar-refractivity contribution < 1.29 is 9.59 Å². The second-order valence-corrected chi connectivity index (χ2v) is 7.29. The molecule has 1 aromatic rings. The fourth-order valence-electron chi connectivity index (χ4n) is 2.32. The van der Waals surface area contributed by atoms with Crippen molar-refractivity contribution in [2.24, 2.45) is 0 Å². The van der Waals surface area contributed by atoms with Crippen LogP contribution in [0.15, 0.2) is 18.2 Å². The molecule has 1 unspecified atom stereocenters. The summed E-state index contributed by atoms with van der Waals surface area (Å²) in [4.78, 5) is 25.1. The minimum atomic E-state index is 0.0815. The molecule has 1 aliphatic heterocycles. The van der Waals surface area contributed by atoms with Crippen molar-refractivity contribution >= 4 is 51.1 Å². The lowest BCUT2D eigenvalue weighted by molar-refractivity contribution is -0.117. The first kappa shape index (κ1) is 14.8. The highest BCUT2D eigenvalue weighted by Gasteiger charge is 2.32. The molecule has 0 radical (unpaired) electrons. The van der Waals surface area contributed by atoms with Gasteiger partial charge in [-0.25, -0.2) is 0 Å². The van der Waals surface area contributed by atoms with E-state index >= 15 is 0 Å². The molecule has 0 bridgehead atoms. The zero-order chi connectivity index (χ0) is 14.0. The molecule has 3 nitrogen and oxygen atoms in total. The minimum Gasteiger partial charge on any atom is -0.311 e. The summed E-state index contributed by atoms with van der Waals surface area (Å²) < 4.78 is 1.18. The molecule has 19 heavy (non-hydrogen) atoms. The van der Waals surface area contributed by atoms with Crippen LogP contribution in [0.5, 0.6) is 0 Å². The molecule has 1 fully saturated rings. The monoisotopic (exact) mass is 389 g/mol. The summed E-state index contributed by atoms with van der Waals surface area (Å²) in [5, 5.41) is 0.173. The highest BCUT2D eigenvalue weighted by atomic mass is 127. The maximum absolute atomic E-state index is 12.1. The van der Waals surface area contributed by atoms with Crippen molar-refractivity contribution in [2.45, 2.75) is 31.9 Å². The van der Waals surface area contributed by atoms with Gasteiger partial charge in [0.05, 0.1) is 0 Å². The van der Waals surface area contributed by atoms with E-state index in [9.17, 15) is 9.59 Å². The van der Waals surface area contributed by atoms with Crippen molar-refractivity contribution in [2.75, 3.05) is 11.4 Å². The summed E-state index contributed by atoms with van der Waals surface area (Å²) in [6.07, 6.45) is 1.36. The third kappa shape index (κ3) is 3.51. The molecule has 1 aromatic carbocycles. The molecule has 0 spiro atoms. The standard InChI is InChI=1S/C14H16INO2S/c1-3-10-6-11(15)4-5-13(10)16-8-12(7-14(16)18)19-9(2)17/h4-6,12H,3,7-8H2,1-2H3. The van der Waals surface area contributed by atoms with E-state index in [0.29, 0.717) is 13.0 Å². The molecule has 2 rings (SSSR count). The summed E-state index contributed by atoms with van der Waals surface area (Å²) in [6, 6.07) is 6.15. The average molecular weight is 389 g/mol. The van der Waals surface area contributed by atoms with Crippen molar-refractivity contribution in [1.82, 2.24) is 0 Å². The molecule has 5 heteroatoms. The van der Waals surface area contributed by atoms with Gasteiger partial charge in [0.25, 0.3) is 0 Å². The van der Waals surface area contributed by atoms with Gasteiger partial charge in [0, 0.05) is 34.4 Å². The first-order valence-corrected chi connectivity index (χ1v) is 8.23. The summed E-state index contributed by atoms with van der Waals surface area (Å²) in [5.74, 6) is 0.120. The number of halogens is 1. The summed E-state index contributed by atoms with van der Waals surface area (Å²) in [7, 11) is 0. The van der Waals surface area contributed by atoms with Crippen LogP contribution in [0, 0.1) is 3.57 Å². The van der Waals surface area contributed by atoms with Crippen LogP contribution in [0.2, 0.25) is 0 Å². The van der Waals surface area contributed by atoms with Crippen molar-refractivity contribution in [1.29, 1.82) is 0 Å². The Balaban J connectivity index is 2.23. The molecule has 0 N–H and O–H groups in total. The van der Waals surface area contributed by atoms with E-state index in [1.54, 1.807) is 6.92 Å². The molecule has 1 saturated heterocycles. The third-order valence-electron chi connectivity index (χ3n) is 3.14. The second kappa shape index (κ2) is 6.26. The highest BCUT2D eigenvalue weighted by Crippen LogP contribution is 2.31. The van der Waals surface area contributed by atoms with Gasteiger partial charge in [-0.2, -0.15) is 0 Å². The Morgan fingerprint density at radius 1 is 1.53 bits per heavy atom. The molecule has 1 atom stereocenters. The van der Waals surface area contributed by atoms with E-state index in [0.717, 1.165) is 12.1 Å². The van der Waals surface area contributed by atoms with Crippen LogP contribution in [-0.4, -0.2) is 22.8 Å². The van der Waals surface area contributed by atoms with Crippen LogP contribution in [0.25, 0.3) is 0 Å². The number of benzene rings is 1. The van der Waals surface area contributed by atoms with Crippen LogP contribution in [0.1, 0.15) is 25.8 Å². The topological polar surface area (TPSA) is 37.4 Å². The zero-order valence-corrected chi connectivity index (χ0v) is 14.0. The Morgan fingerprint density at radius 2 is 2.26 bits per heavy atom. The summed E-state index contributed by atoms with van der Waals surface area (Å²) in [5.41, 5.74) is 2.19. The number of anilines is 1. The first-order chi connectivity index (χ1) is 9.01. The Kier molecular flexibility index (Phi) is 4.89. The molecule has 0 aromatic heterocycles. The van der Waals surface area contributed by atoms with Crippen molar-refractivity contribution in [3.05, 3.63) is 27.3 Å². The van der Waals surface area contributed by atoms with E-state index in [1.807, 2.05) is 17.0 Å². The maximum Gasteiger partial charge on any atom is 0.228 e.